The van der Waals surface area contributed by atoms with E-state index in [9.17, 15) is 14.7 Å². The Labute approximate surface area is 99.8 Å². The number of fused-ring (bicyclic) bond motifs is 2. The van der Waals surface area contributed by atoms with Crippen LogP contribution in [0.15, 0.2) is 12.7 Å². The maximum absolute atomic E-state index is 11.4. The first-order valence-electron chi connectivity index (χ1n) is 5.86. The third kappa shape index (κ3) is 2.01. The summed E-state index contributed by atoms with van der Waals surface area (Å²) in [5.41, 5.74) is -0.766. The van der Waals surface area contributed by atoms with E-state index in [1.165, 1.54) is 6.08 Å². The first kappa shape index (κ1) is 12.0. The molecule has 2 fully saturated rings. The van der Waals surface area contributed by atoms with Crippen LogP contribution in [0, 0.1) is 11.3 Å². The minimum absolute atomic E-state index is 0.141. The molecule has 5 heteroatoms. The van der Waals surface area contributed by atoms with E-state index in [2.05, 4.69) is 11.9 Å². The topological polar surface area (TPSA) is 75.6 Å². The maximum Gasteiger partial charge on any atom is 0.407 e. The number of rotatable bonds is 4. The largest absolute Gasteiger partial charge is 0.481 e. The van der Waals surface area contributed by atoms with Gasteiger partial charge >= 0.3 is 12.1 Å². The van der Waals surface area contributed by atoms with Gasteiger partial charge < -0.3 is 15.2 Å². The van der Waals surface area contributed by atoms with Crippen LogP contribution < -0.4 is 5.32 Å². The standard InChI is InChI=1S/C12H17NO4/c1-2-5-17-11(16)13-9-6-8-3-4-12(9,7-8)10(14)15/h2,8-9H,1,3-7H2,(H,13,16)(H,14,15). The Balaban J connectivity index is 1.99. The van der Waals surface area contributed by atoms with E-state index in [-0.39, 0.29) is 12.6 Å². The van der Waals surface area contributed by atoms with Crippen molar-refractivity contribution < 1.29 is 19.4 Å². The van der Waals surface area contributed by atoms with E-state index in [1.807, 2.05) is 0 Å². The van der Waals surface area contributed by atoms with Crippen molar-refractivity contribution in [3.05, 3.63) is 12.7 Å². The number of hydrogen-bond donors (Lipinski definition) is 2. The lowest BCUT2D eigenvalue weighted by Crippen LogP contribution is -2.49. The molecule has 2 saturated carbocycles. The molecule has 0 saturated heterocycles. The van der Waals surface area contributed by atoms with Gasteiger partial charge in [-0.25, -0.2) is 4.79 Å². The van der Waals surface area contributed by atoms with Gasteiger partial charge in [0, 0.05) is 6.04 Å². The average molecular weight is 239 g/mol. The lowest BCUT2D eigenvalue weighted by Gasteiger charge is -2.31. The Morgan fingerprint density at radius 1 is 1.59 bits per heavy atom. The number of carbonyl (C=O) groups excluding carboxylic acids is 1. The second kappa shape index (κ2) is 4.39. The maximum atomic E-state index is 11.4. The zero-order valence-electron chi connectivity index (χ0n) is 9.65. The summed E-state index contributed by atoms with van der Waals surface area (Å²) in [6, 6.07) is -0.295. The minimum atomic E-state index is -0.800. The van der Waals surface area contributed by atoms with Gasteiger partial charge in [-0.2, -0.15) is 0 Å². The SMILES string of the molecule is C=CCOC(=O)NC1CC2CCC1(C(=O)O)C2. The Morgan fingerprint density at radius 2 is 2.35 bits per heavy atom. The molecule has 0 aliphatic heterocycles. The number of alkyl carbamates (subject to hydrolysis) is 1. The van der Waals surface area contributed by atoms with E-state index >= 15 is 0 Å². The second-order valence-corrected chi connectivity index (χ2v) is 4.89. The number of carbonyl (C=O) groups is 2. The number of nitrogens with one attached hydrogen (secondary N) is 1. The molecule has 2 aliphatic rings. The molecule has 0 aromatic rings. The minimum Gasteiger partial charge on any atom is -0.481 e. The number of aliphatic carboxylic acids is 1. The molecule has 0 spiro atoms. The van der Waals surface area contributed by atoms with Crippen molar-refractivity contribution in [1.29, 1.82) is 0 Å². The van der Waals surface area contributed by atoms with Crippen LogP contribution in [0.5, 0.6) is 0 Å². The van der Waals surface area contributed by atoms with E-state index in [0.717, 1.165) is 12.8 Å². The summed E-state index contributed by atoms with van der Waals surface area (Å²) < 4.78 is 4.82. The highest BCUT2D eigenvalue weighted by Gasteiger charge is 2.57. The highest BCUT2D eigenvalue weighted by molar-refractivity contribution is 5.78. The molecule has 0 radical (unpaired) electrons. The van der Waals surface area contributed by atoms with Crippen molar-refractivity contribution in [3.63, 3.8) is 0 Å². The van der Waals surface area contributed by atoms with Crippen molar-refractivity contribution in [1.82, 2.24) is 5.32 Å². The van der Waals surface area contributed by atoms with Crippen LogP contribution in [0.4, 0.5) is 4.79 Å². The zero-order chi connectivity index (χ0) is 12.5. The highest BCUT2D eigenvalue weighted by Crippen LogP contribution is 2.54. The normalized spacial score (nSPS) is 34.4. The lowest BCUT2D eigenvalue weighted by molar-refractivity contribution is -0.149. The van der Waals surface area contributed by atoms with Crippen LogP contribution in [-0.2, 0) is 9.53 Å². The molecule has 5 nitrogen and oxygen atoms in total. The molecule has 0 aromatic heterocycles. The lowest BCUT2D eigenvalue weighted by atomic mass is 9.80. The van der Waals surface area contributed by atoms with Gasteiger partial charge in [0.2, 0.25) is 0 Å². The van der Waals surface area contributed by atoms with Gasteiger partial charge in [0.15, 0.2) is 0 Å². The van der Waals surface area contributed by atoms with Gasteiger partial charge in [-0.05, 0) is 31.6 Å². The summed E-state index contributed by atoms with van der Waals surface area (Å²) in [4.78, 5) is 22.8. The van der Waals surface area contributed by atoms with Gasteiger partial charge in [0.25, 0.3) is 0 Å². The molecule has 2 rings (SSSR count). The predicted molar refractivity (Wildman–Crippen MR) is 60.5 cm³/mol. The smallest absolute Gasteiger partial charge is 0.407 e. The van der Waals surface area contributed by atoms with Crippen LogP contribution in [0.3, 0.4) is 0 Å². The number of carboxylic acid groups (broad SMARTS) is 1. The Hall–Kier alpha value is -1.52. The van der Waals surface area contributed by atoms with Crippen LogP contribution >= 0.6 is 0 Å². The summed E-state index contributed by atoms with van der Waals surface area (Å²) in [7, 11) is 0. The highest BCUT2D eigenvalue weighted by atomic mass is 16.5. The molecular formula is C12H17NO4. The van der Waals surface area contributed by atoms with Crippen molar-refractivity contribution in [2.75, 3.05) is 6.61 Å². The van der Waals surface area contributed by atoms with Gasteiger partial charge in [-0.15, -0.1) is 0 Å². The average Bonchev–Trinajstić information content (AvgIpc) is 2.85. The third-order valence-corrected chi connectivity index (χ3v) is 3.94. The summed E-state index contributed by atoms with van der Waals surface area (Å²) in [5, 5.41) is 12.0. The number of ether oxygens (including phenoxy) is 1. The van der Waals surface area contributed by atoms with E-state index in [0.29, 0.717) is 18.8 Å². The molecule has 2 N–H and O–H groups in total. The van der Waals surface area contributed by atoms with Gasteiger partial charge in [0.05, 0.1) is 5.41 Å². The van der Waals surface area contributed by atoms with Crippen LogP contribution in [0.1, 0.15) is 25.7 Å². The summed E-state index contributed by atoms with van der Waals surface area (Å²) in [6.07, 6.45) is 3.95. The quantitative estimate of drug-likeness (QED) is 0.730. The fourth-order valence-corrected chi connectivity index (χ4v) is 3.12. The molecule has 2 aliphatic carbocycles. The molecule has 2 bridgehead atoms. The summed E-state index contributed by atoms with van der Waals surface area (Å²) >= 11 is 0. The Kier molecular flexibility index (Phi) is 3.09. The molecule has 1 amide bonds. The number of amides is 1. The Morgan fingerprint density at radius 3 is 2.94 bits per heavy atom. The third-order valence-electron chi connectivity index (χ3n) is 3.94. The fourth-order valence-electron chi connectivity index (χ4n) is 3.12. The second-order valence-electron chi connectivity index (χ2n) is 4.89. The molecule has 94 valence electrons. The van der Waals surface area contributed by atoms with Crippen molar-refractivity contribution >= 4 is 12.1 Å². The van der Waals surface area contributed by atoms with Gasteiger partial charge in [0.1, 0.15) is 6.61 Å². The molecule has 0 aromatic carbocycles. The molecule has 3 atom stereocenters. The van der Waals surface area contributed by atoms with Crippen molar-refractivity contribution in [3.8, 4) is 0 Å². The van der Waals surface area contributed by atoms with Crippen LogP contribution in [-0.4, -0.2) is 29.8 Å². The number of hydrogen-bond acceptors (Lipinski definition) is 3. The molecule has 17 heavy (non-hydrogen) atoms. The molecular weight excluding hydrogens is 222 g/mol. The van der Waals surface area contributed by atoms with Crippen LogP contribution in [0.25, 0.3) is 0 Å². The predicted octanol–water partition coefficient (Wildman–Crippen LogP) is 1.54. The first-order chi connectivity index (χ1) is 8.08. The first-order valence-corrected chi connectivity index (χ1v) is 5.86. The molecule has 3 unspecified atom stereocenters. The monoisotopic (exact) mass is 239 g/mol. The summed E-state index contributed by atoms with van der Waals surface area (Å²) in [6.45, 7) is 3.59. The van der Waals surface area contributed by atoms with E-state index in [4.69, 9.17) is 4.74 Å². The fraction of sp³-hybridized carbons (Fsp3) is 0.667. The van der Waals surface area contributed by atoms with Crippen molar-refractivity contribution in [2.45, 2.75) is 31.7 Å². The van der Waals surface area contributed by atoms with Gasteiger partial charge in [-0.1, -0.05) is 12.7 Å². The van der Waals surface area contributed by atoms with Crippen LogP contribution in [0.2, 0.25) is 0 Å². The van der Waals surface area contributed by atoms with Gasteiger partial charge in [-0.3, -0.25) is 4.79 Å². The number of carboxylic acids is 1. The molecule has 0 heterocycles. The van der Waals surface area contributed by atoms with E-state index in [1.54, 1.807) is 0 Å². The van der Waals surface area contributed by atoms with Crippen molar-refractivity contribution in [2.24, 2.45) is 11.3 Å². The Bertz CT molecular complexity index is 354. The van der Waals surface area contributed by atoms with E-state index < -0.39 is 17.5 Å². The summed E-state index contributed by atoms with van der Waals surface area (Å²) in [5.74, 6) is -0.373. The zero-order valence-corrected chi connectivity index (χ0v) is 9.65.